The van der Waals surface area contributed by atoms with Crippen LogP contribution in [0.5, 0.6) is 0 Å². The summed E-state index contributed by atoms with van der Waals surface area (Å²) in [7, 11) is 0. The highest BCUT2D eigenvalue weighted by Gasteiger charge is 2.18. The van der Waals surface area contributed by atoms with Crippen molar-refractivity contribution in [2.75, 3.05) is 45.9 Å². The number of benzene rings is 2. The van der Waals surface area contributed by atoms with E-state index in [1.54, 1.807) is 0 Å². The molecule has 1 aliphatic rings. The van der Waals surface area contributed by atoms with E-state index in [2.05, 4.69) is 46.2 Å². The van der Waals surface area contributed by atoms with E-state index in [-0.39, 0.29) is 19.0 Å². The molecule has 1 fully saturated rings. The molecule has 0 amide bonds. The number of hydrogen-bond donors (Lipinski definition) is 1. The van der Waals surface area contributed by atoms with Gasteiger partial charge in [0.1, 0.15) is 6.61 Å². The summed E-state index contributed by atoms with van der Waals surface area (Å²) in [6.07, 6.45) is 0. The van der Waals surface area contributed by atoms with E-state index in [1.807, 2.05) is 12.1 Å². The number of hydrogen-bond acceptors (Lipinski definition) is 4. The zero-order valence-electron chi connectivity index (χ0n) is 15.7. The van der Waals surface area contributed by atoms with Crippen LogP contribution in [0.2, 0.25) is 5.02 Å². The Bertz CT molecular complexity index is 748. The fourth-order valence-corrected chi connectivity index (χ4v) is 3.46. The standard InChI is InChI=1S/C21H25ClN2O3.ClH/c22-19-7-5-17(6-8-19)20-4-2-1-3-18(20)15-24-11-9-23(10-12-24)13-14-27-16-21(25)26;/h1-8H,9-16H2,(H,25,26);1H. The molecular weight excluding hydrogens is 399 g/mol. The molecule has 3 rings (SSSR count). The van der Waals surface area contributed by atoms with Gasteiger partial charge in [0.15, 0.2) is 0 Å². The molecule has 0 aliphatic carbocycles. The maximum Gasteiger partial charge on any atom is 0.329 e. The van der Waals surface area contributed by atoms with E-state index in [9.17, 15) is 4.79 Å². The Morgan fingerprint density at radius 3 is 2.32 bits per heavy atom. The third kappa shape index (κ3) is 6.76. The summed E-state index contributed by atoms with van der Waals surface area (Å²) in [4.78, 5) is 15.2. The summed E-state index contributed by atoms with van der Waals surface area (Å²) < 4.78 is 5.13. The number of aliphatic carboxylic acids is 1. The second kappa shape index (κ2) is 11.4. The fourth-order valence-electron chi connectivity index (χ4n) is 3.33. The summed E-state index contributed by atoms with van der Waals surface area (Å²) in [6, 6.07) is 16.5. The Hall–Kier alpha value is -1.63. The van der Waals surface area contributed by atoms with E-state index < -0.39 is 5.97 Å². The van der Waals surface area contributed by atoms with Gasteiger partial charge >= 0.3 is 5.97 Å². The van der Waals surface area contributed by atoms with Gasteiger partial charge in [-0.2, -0.15) is 0 Å². The van der Waals surface area contributed by atoms with Gasteiger partial charge in [0, 0.05) is 44.3 Å². The predicted molar refractivity (Wildman–Crippen MR) is 114 cm³/mol. The van der Waals surface area contributed by atoms with Crippen LogP contribution in [0.1, 0.15) is 5.56 Å². The minimum Gasteiger partial charge on any atom is -0.480 e. The normalized spacial score (nSPS) is 15.2. The molecule has 0 atom stereocenters. The first-order valence-corrected chi connectivity index (χ1v) is 9.58. The van der Waals surface area contributed by atoms with Crippen LogP contribution in [0.15, 0.2) is 48.5 Å². The molecule has 5 nitrogen and oxygen atoms in total. The van der Waals surface area contributed by atoms with Gasteiger partial charge in [-0.05, 0) is 28.8 Å². The average molecular weight is 425 g/mol. The Morgan fingerprint density at radius 2 is 1.64 bits per heavy atom. The molecule has 1 heterocycles. The molecule has 0 radical (unpaired) electrons. The molecule has 0 unspecified atom stereocenters. The molecule has 0 spiro atoms. The first-order chi connectivity index (χ1) is 13.1. The zero-order valence-corrected chi connectivity index (χ0v) is 17.3. The fraction of sp³-hybridized carbons (Fsp3) is 0.381. The predicted octanol–water partition coefficient (Wildman–Crippen LogP) is 3.65. The number of rotatable bonds is 8. The van der Waals surface area contributed by atoms with Crippen molar-refractivity contribution in [3.63, 3.8) is 0 Å². The molecule has 7 heteroatoms. The quantitative estimate of drug-likeness (QED) is 0.655. The molecule has 0 aromatic heterocycles. The van der Waals surface area contributed by atoms with Crippen LogP contribution >= 0.6 is 24.0 Å². The topological polar surface area (TPSA) is 53.0 Å². The van der Waals surface area contributed by atoms with Crippen molar-refractivity contribution in [3.05, 3.63) is 59.1 Å². The van der Waals surface area contributed by atoms with Gasteiger partial charge in [-0.1, -0.05) is 48.0 Å². The van der Waals surface area contributed by atoms with Gasteiger partial charge in [-0.3, -0.25) is 9.80 Å². The molecule has 1 N–H and O–H groups in total. The molecule has 1 saturated heterocycles. The molecular formula is C21H26Cl2N2O3. The van der Waals surface area contributed by atoms with Crippen molar-refractivity contribution in [2.24, 2.45) is 0 Å². The summed E-state index contributed by atoms with van der Waals surface area (Å²) in [6.45, 7) is 5.87. The maximum absolute atomic E-state index is 10.5. The number of carboxylic acids is 1. The lowest BCUT2D eigenvalue weighted by Gasteiger charge is -2.35. The Morgan fingerprint density at radius 1 is 1.00 bits per heavy atom. The van der Waals surface area contributed by atoms with Crippen LogP contribution < -0.4 is 0 Å². The van der Waals surface area contributed by atoms with Gasteiger partial charge < -0.3 is 9.84 Å². The van der Waals surface area contributed by atoms with E-state index in [0.29, 0.717) is 6.61 Å². The Balaban J connectivity index is 0.00000280. The molecule has 0 saturated carbocycles. The highest BCUT2D eigenvalue weighted by atomic mass is 35.5. The van der Waals surface area contributed by atoms with Crippen LogP contribution in [-0.2, 0) is 16.1 Å². The van der Waals surface area contributed by atoms with Gasteiger partial charge in [0.05, 0.1) is 6.61 Å². The smallest absolute Gasteiger partial charge is 0.329 e. The van der Waals surface area contributed by atoms with Crippen molar-refractivity contribution >= 4 is 30.0 Å². The van der Waals surface area contributed by atoms with Crippen LogP contribution in [0.25, 0.3) is 11.1 Å². The second-order valence-electron chi connectivity index (χ2n) is 6.73. The number of nitrogens with zero attached hydrogens (tertiary/aromatic N) is 2. The highest BCUT2D eigenvalue weighted by Crippen LogP contribution is 2.26. The molecule has 0 bridgehead atoms. The van der Waals surface area contributed by atoms with Gasteiger partial charge in [0.25, 0.3) is 0 Å². The van der Waals surface area contributed by atoms with E-state index in [0.717, 1.165) is 44.3 Å². The van der Waals surface area contributed by atoms with Crippen LogP contribution in [-0.4, -0.2) is 66.8 Å². The van der Waals surface area contributed by atoms with Gasteiger partial charge in [-0.25, -0.2) is 4.79 Å². The lowest BCUT2D eigenvalue weighted by atomic mass is 9.99. The highest BCUT2D eigenvalue weighted by molar-refractivity contribution is 6.30. The van der Waals surface area contributed by atoms with E-state index >= 15 is 0 Å². The van der Waals surface area contributed by atoms with Crippen molar-refractivity contribution in [2.45, 2.75) is 6.54 Å². The average Bonchev–Trinajstić information content (AvgIpc) is 2.68. The Kier molecular flexibility index (Phi) is 9.22. The summed E-state index contributed by atoms with van der Waals surface area (Å²) in [5.41, 5.74) is 3.75. The van der Waals surface area contributed by atoms with Crippen molar-refractivity contribution in [1.29, 1.82) is 0 Å². The van der Waals surface area contributed by atoms with Gasteiger partial charge in [-0.15, -0.1) is 12.4 Å². The molecule has 2 aromatic carbocycles. The lowest BCUT2D eigenvalue weighted by Crippen LogP contribution is -2.46. The zero-order chi connectivity index (χ0) is 19.1. The van der Waals surface area contributed by atoms with Crippen molar-refractivity contribution in [1.82, 2.24) is 9.80 Å². The largest absolute Gasteiger partial charge is 0.480 e. The first kappa shape index (κ1) is 22.7. The van der Waals surface area contributed by atoms with Crippen LogP contribution in [0.4, 0.5) is 0 Å². The summed E-state index contributed by atoms with van der Waals surface area (Å²) >= 11 is 6.02. The minimum atomic E-state index is -0.917. The lowest BCUT2D eigenvalue weighted by molar-refractivity contribution is -0.142. The number of ether oxygens (including phenoxy) is 1. The number of carboxylic acid groups (broad SMARTS) is 1. The minimum absolute atomic E-state index is 0. The molecule has 152 valence electrons. The summed E-state index contributed by atoms with van der Waals surface area (Å²) in [5.74, 6) is -0.917. The third-order valence-electron chi connectivity index (χ3n) is 4.81. The third-order valence-corrected chi connectivity index (χ3v) is 5.06. The molecule has 1 aliphatic heterocycles. The molecule has 28 heavy (non-hydrogen) atoms. The SMILES string of the molecule is Cl.O=C(O)COCCN1CCN(Cc2ccccc2-c2ccc(Cl)cc2)CC1. The van der Waals surface area contributed by atoms with Crippen LogP contribution in [0.3, 0.4) is 0 Å². The molecule has 2 aromatic rings. The van der Waals surface area contributed by atoms with E-state index in [1.165, 1.54) is 16.7 Å². The monoisotopic (exact) mass is 424 g/mol. The van der Waals surface area contributed by atoms with Crippen molar-refractivity contribution in [3.8, 4) is 11.1 Å². The summed E-state index contributed by atoms with van der Waals surface area (Å²) in [5, 5.41) is 9.34. The van der Waals surface area contributed by atoms with E-state index in [4.69, 9.17) is 21.4 Å². The Labute approximate surface area is 177 Å². The number of carbonyl (C=O) groups is 1. The second-order valence-corrected chi connectivity index (χ2v) is 7.16. The van der Waals surface area contributed by atoms with Crippen LogP contribution in [0, 0.1) is 0 Å². The number of piperazine rings is 1. The number of halogens is 2. The maximum atomic E-state index is 10.5. The van der Waals surface area contributed by atoms with Gasteiger partial charge in [0.2, 0.25) is 0 Å². The van der Waals surface area contributed by atoms with Crippen molar-refractivity contribution < 1.29 is 14.6 Å². The first-order valence-electron chi connectivity index (χ1n) is 9.20.